The predicted octanol–water partition coefficient (Wildman–Crippen LogP) is 4.02. The number of hydrogen-bond acceptors (Lipinski definition) is 2. The van der Waals surface area contributed by atoms with Gasteiger partial charge in [0, 0.05) is 12.6 Å². The second kappa shape index (κ2) is 6.13. The van der Waals surface area contributed by atoms with E-state index in [1.807, 2.05) is 0 Å². The number of nitrogens with two attached hydrogens (primary N) is 1. The fourth-order valence-corrected chi connectivity index (χ4v) is 4.88. The lowest BCUT2D eigenvalue weighted by Gasteiger charge is -2.45. The Morgan fingerprint density at radius 2 is 1.63 bits per heavy atom. The zero-order valence-electron chi connectivity index (χ0n) is 12.4. The molecule has 0 radical (unpaired) electrons. The standard InChI is InChI=1S/C17H31NO/c18-16-7-3-2-6-14(12-16)15-8-11-19-17(13-15)9-4-1-5-10-17/h14-16H,1-13,18H2. The van der Waals surface area contributed by atoms with Gasteiger partial charge in [0.05, 0.1) is 5.60 Å². The molecule has 2 aliphatic carbocycles. The van der Waals surface area contributed by atoms with Crippen molar-refractivity contribution in [1.29, 1.82) is 0 Å². The maximum Gasteiger partial charge on any atom is 0.0685 e. The molecule has 2 heteroatoms. The molecular weight excluding hydrogens is 234 g/mol. The summed E-state index contributed by atoms with van der Waals surface area (Å²) >= 11 is 0. The van der Waals surface area contributed by atoms with Crippen LogP contribution in [0.15, 0.2) is 0 Å². The lowest BCUT2D eigenvalue weighted by molar-refractivity contribution is -0.126. The molecule has 19 heavy (non-hydrogen) atoms. The largest absolute Gasteiger partial charge is 0.375 e. The van der Waals surface area contributed by atoms with Crippen LogP contribution in [0.3, 0.4) is 0 Å². The Balaban J connectivity index is 1.63. The molecule has 110 valence electrons. The molecular formula is C17H31NO. The first-order chi connectivity index (χ1) is 9.27. The van der Waals surface area contributed by atoms with Gasteiger partial charge in [0.1, 0.15) is 0 Å². The van der Waals surface area contributed by atoms with Gasteiger partial charge in [-0.2, -0.15) is 0 Å². The van der Waals surface area contributed by atoms with Gasteiger partial charge in [-0.05, 0) is 50.4 Å². The van der Waals surface area contributed by atoms with Crippen LogP contribution in [0.5, 0.6) is 0 Å². The first-order valence-corrected chi connectivity index (χ1v) is 8.67. The zero-order chi connectivity index (χ0) is 13.1. The zero-order valence-corrected chi connectivity index (χ0v) is 12.4. The van der Waals surface area contributed by atoms with E-state index in [9.17, 15) is 0 Å². The van der Waals surface area contributed by atoms with Crippen molar-refractivity contribution in [2.45, 2.75) is 88.7 Å². The van der Waals surface area contributed by atoms with E-state index in [1.165, 1.54) is 77.0 Å². The van der Waals surface area contributed by atoms with Crippen LogP contribution >= 0.6 is 0 Å². The summed E-state index contributed by atoms with van der Waals surface area (Å²) in [6.45, 7) is 1.01. The van der Waals surface area contributed by atoms with E-state index in [4.69, 9.17) is 10.5 Å². The molecule has 3 fully saturated rings. The van der Waals surface area contributed by atoms with E-state index < -0.39 is 0 Å². The Labute approximate surface area is 118 Å². The normalized spacial score (nSPS) is 39.9. The van der Waals surface area contributed by atoms with Crippen molar-refractivity contribution in [3.8, 4) is 0 Å². The Morgan fingerprint density at radius 3 is 2.47 bits per heavy atom. The van der Waals surface area contributed by atoms with Crippen molar-refractivity contribution in [2.75, 3.05) is 6.61 Å². The van der Waals surface area contributed by atoms with Crippen molar-refractivity contribution in [3.05, 3.63) is 0 Å². The summed E-state index contributed by atoms with van der Waals surface area (Å²) in [7, 11) is 0. The SMILES string of the molecule is NC1CCCCC(C2CCOC3(CCCCC3)C2)C1. The van der Waals surface area contributed by atoms with Gasteiger partial charge in [0.2, 0.25) is 0 Å². The Kier molecular flexibility index (Phi) is 4.48. The molecule has 2 N–H and O–H groups in total. The van der Waals surface area contributed by atoms with Gasteiger partial charge in [-0.15, -0.1) is 0 Å². The summed E-state index contributed by atoms with van der Waals surface area (Å²) in [5.74, 6) is 1.79. The van der Waals surface area contributed by atoms with Crippen molar-refractivity contribution >= 4 is 0 Å². The summed E-state index contributed by atoms with van der Waals surface area (Å²) in [6.07, 6.45) is 16.2. The predicted molar refractivity (Wildman–Crippen MR) is 79.0 cm³/mol. The molecule has 2 saturated carbocycles. The number of hydrogen-bond donors (Lipinski definition) is 1. The van der Waals surface area contributed by atoms with E-state index in [-0.39, 0.29) is 5.60 Å². The first-order valence-electron chi connectivity index (χ1n) is 8.67. The monoisotopic (exact) mass is 265 g/mol. The van der Waals surface area contributed by atoms with Gasteiger partial charge in [-0.1, -0.05) is 38.5 Å². The Hall–Kier alpha value is -0.0800. The minimum atomic E-state index is 0.275. The third-order valence-electron chi connectivity index (χ3n) is 5.97. The Bertz CT molecular complexity index is 279. The maximum absolute atomic E-state index is 6.27. The van der Waals surface area contributed by atoms with Crippen molar-refractivity contribution in [2.24, 2.45) is 17.6 Å². The highest BCUT2D eigenvalue weighted by atomic mass is 16.5. The van der Waals surface area contributed by atoms with Crippen molar-refractivity contribution < 1.29 is 4.74 Å². The van der Waals surface area contributed by atoms with Crippen LogP contribution in [0.25, 0.3) is 0 Å². The average Bonchev–Trinajstić information content (AvgIpc) is 2.64. The molecule has 0 aromatic carbocycles. The molecule has 0 amide bonds. The van der Waals surface area contributed by atoms with Gasteiger partial charge in [0.15, 0.2) is 0 Å². The van der Waals surface area contributed by atoms with Crippen LogP contribution in [0, 0.1) is 11.8 Å². The highest BCUT2D eigenvalue weighted by Crippen LogP contribution is 2.45. The van der Waals surface area contributed by atoms with Crippen LogP contribution < -0.4 is 5.73 Å². The lowest BCUT2D eigenvalue weighted by atomic mass is 9.70. The van der Waals surface area contributed by atoms with Gasteiger partial charge in [0.25, 0.3) is 0 Å². The van der Waals surface area contributed by atoms with E-state index >= 15 is 0 Å². The smallest absolute Gasteiger partial charge is 0.0685 e. The van der Waals surface area contributed by atoms with Crippen LogP contribution in [-0.4, -0.2) is 18.2 Å². The summed E-state index contributed by atoms with van der Waals surface area (Å²) < 4.78 is 6.25. The third kappa shape index (κ3) is 3.33. The average molecular weight is 265 g/mol. The summed E-state index contributed by atoms with van der Waals surface area (Å²) in [6, 6.07) is 0.470. The minimum absolute atomic E-state index is 0.275. The van der Waals surface area contributed by atoms with Gasteiger partial charge in [-0.3, -0.25) is 0 Å². The van der Waals surface area contributed by atoms with Crippen molar-refractivity contribution in [3.63, 3.8) is 0 Å². The molecule has 1 spiro atoms. The molecule has 1 heterocycles. The highest BCUT2D eigenvalue weighted by Gasteiger charge is 2.41. The summed E-state index contributed by atoms with van der Waals surface area (Å²) in [5, 5.41) is 0. The lowest BCUT2D eigenvalue weighted by Crippen LogP contribution is -2.43. The number of ether oxygens (including phenoxy) is 1. The molecule has 1 saturated heterocycles. The number of rotatable bonds is 1. The molecule has 0 bridgehead atoms. The van der Waals surface area contributed by atoms with Crippen LogP contribution in [0.2, 0.25) is 0 Å². The fraction of sp³-hybridized carbons (Fsp3) is 1.00. The second-order valence-corrected chi connectivity index (χ2v) is 7.39. The third-order valence-corrected chi connectivity index (χ3v) is 5.97. The molecule has 2 nitrogen and oxygen atoms in total. The van der Waals surface area contributed by atoms with Crippen LogP contribution in [0.4, 0.5) is 0 Å². The molecule has 3 unspecified atom stereocenters. The molecule has 1 aliphatic heterocycles. The Morgan fingerprint density at radius 1 is 0.842 bits per heavy atom. The van der Waals surface area contributed by atoms with E-state index in [2.05, 4.69) is 0 Å². The van der Waals surface area contributed by atoms with E-state index in [1.54, 1.807) is 0 Å². The van der Waals surface area contributed by atoms with Gasteiger partial charge in [-0.25, -0.2) is 0 Å². The molecule has 3 aliphatic rings. The van der Waals surface area contributed by atoms with Crippen LogP contribution in [-0.2, 0) is 4.74 Å². The topological polar surface area (TPSA) is 35.2 Å². The van der Waals surface area contributed by atoms with Crippen molar-refractivity contribution in [1.82, 2.24) is 0 Å². The molecule has 0 aromatic heterocycles. The fourth-order valence-electron chi connectivity index (χ4n) is 4.88. The highest BCUT2D eigenvalue weighted by molar-refractivity contribution is 4.92. The maximum atomic E-state index is 6.27. The van der Waals surface area contributed by atoms with Crippen LogP contribution in [0.1, 0.15) is 77.0 Å². The van der Waals surface area contributed by atoms with E-state index in [0.717, 1.165) is 18.4 Å². The van der Waals surface area contributed by atoms with E-state index in [0.29, 0.717) is 6.04 Å². The van der Waals surface area contributed by atoms with Gasteiger partial charge >= 0.3 is 0 Å². The second-order valence-electron chi connectivity index (χ2n) is 7.39. The first kappa shape index (κ1) is 13.9. The molecule has 3 rings (SSSR count). The van der Waals surface area contributed by atoms with Gasteiger partial charge < -0.3 is 10.5 Å². The quantitative estimate of drug-likeness (QED) is 0.727. The molecule has 0 aromatic rings. The summed E-state index contributed by atoms with van der Waals surface area (Å²) in [4.78, 5) is 0. The minimum Gasteiger partial charge on any atom is -0.375 e. The summed E-state index contributed by atoms with van der Waals surface area (Å²) in [5.41, 5.74) is 6.55. The molecule has 3 atom stereocenters.